The van der Waals surface area contributed by atoms with E-state index in [0.29, 0.717) is 6.42 Å². The van der Waals surface area contributed by atoms with Crippen LogP contribution in [0.25, 0.3) is 0 Å². The van der Waals surface area contributed by atoms with Crippen LogP contribution in [-0.2, 0) is 9.78 Å². The molecular formula is C9H33N10O2+3. The van der Waals surface area contributed by atoms with Crippen LogP contribution in [0.15, 0.2) is 0 Å². The van der Waals surface area contributed by atoms with Crippen molar-refractivity contribution >= 4 is 0 Å². The Bertz CT molecular complexity index is 353. The molecule has 12 heteroatoms. The van der Waals surface area contributed by atoms with Gasteiger partial charge in [0.2, 0.25) is 5.66 Å². The Morgan fingerprint density at radius 3 is 1.57 bits per heavy atom. The molecule has 0 fully saturated rings. The minimum absolute atomic E-state index is 0.286. The number of quaternary nitrogens is 3. The summed E-state index contributed by atoms with van der Waals surface area (Å²) in [6, 6.07) is 0. The fraction of sp³-hybridized carbons (Fsp3) is 1.00. The van der Waals surface area contributed by atoms with Crippen LogP contribution in [0, 0.1) is 0 Å². The van der Waals surface area contributed by atoms with Crippen molar-refractivity contribution in [2.24, 2.45) is 40.8 Å². The van der Waals surface area contributed by atoms with E-state index in [4.69, 9.17) is 50.6 Å². The molecule has 21 heavy (non-hydrogen) atoms. The summed E-state index contributed by atoms with van der Waals surface area (Å²) in [6.45, 7) is 6.77. The zero-order chi connectivity index (χ0) is 17.3. The highest BCUT2D eigenvalue weighted by molar-refractivity contribution is 4.61. The van der Waals surface area contributed by atoms with Gasteiger partial charge in [0, 0.05) is 31.6 Å². The van der Waals surface area contributed by atoms with Crippen molar-refractivity contribution in [1.82, 2.24) is 0 Å². The highest BCUT2D eigenvalue weighted by Gasteiger charge is 2.60. The summed E-state index contributed by atoms with van der Waals surface area (Å²) in [5.74, 6) is 34.8. The highest BCUT2D eigenvalue weighted by Crippen LogP contribution is 2.28. The van der Waals surface area contributed by atoms with Gasteiger partial charge in [0.15, 0.2) is 0 Å². The third-order valence-electron chi connectivity index (χ3n) is 3.57. The molecule has 0 aromatic rings. The summed E-state index contributed by atoms with van der Waals surface area (Å²) >= 11 is 0. The first-order chi connectivity index (χ1) is 9.04. The summed E-state index contributed by atoms with van der Waals surface area (Å²) in [6.07, 6.45) is 0.728. The second-order valence-corrected chi connectivity index (χ2v) is 5.89. The third-order valence-corrected chi connectivity index (χ3v) is 3.57. The highest BCUT2D eigenvalue weighted by atomic mass is 17.0. The molecule has 2 unspecified atom stereocenters. The zero-order valence-corrected chi connectivity index (χ0v) is 13.6. The van der Waals surface area contributed by atoms with Gasteiger partial charge in [-0.3, -0.25) is 5.73 Å². The van der Waals surface area contributed by atoms with E-state index in [1.807, 2.05) is 6.92 Å². The van der Waals surface area contributed by atoms with Crippen LogP contribution >= 0.6 is 0 Å². The van der Waals surface area contributed by atoms with E-state index in [1.165, 1.54) is 7.05 Å². The van der Waals surface area contributed by atoms with Gasteiger partial charge in [0.05, 0.1) is 9.80 Å². The topological polar surface area (TPSA) is 201 Å². The summed E-state index contributed by atoms with van der Waals surface area (Å²) in [5.41, 5.74) is 3.58. The summed E-state index contributed by atoms with van der Waals surface area (Å²) in [7, 11) is 1.33. The molecule has 0 saturated heterocycles. The van der Waals surface area contributed by atoms with E-state index in [9.17, 15) is 0 Å². The van der Waals surface area contributed by atoms with Gasteiger partial charge in [-0.25, -0.2) is 0 Å². The molecule has 0 bridgehead atoms. The molecule has 0 aliphatic carbocycles. The second-order valence-electron chi connectivity index (χ2n) is 5.89. The van der Waals surface area contributed by atoms with Gasteiger partial charge in [-0.05, 0) is 4.86 Å². The Morgan fingerprint density at radius 1 is 0.857 bits per heavy atom. The lowest BCUT2D eigenvalue weighted by atomic mass is 10.1. The van der Waals surface area contributed by atoms with Crippen molar-refractivity contribution in [2.75, 3.05) is 7.05 Å². The minimum Gasteiger partial charge on any atom is -0.273 e. The molecular weight excluding hydrogens is 280 g/mol. The van der Waals surface area contributed by atoms with Gasteiger partial charge in [-0.2, -0.15) is 0 Å². The molecule has 0 aliphatic rings. The molecule has 0 aromatic heterocycles. The molecule has 0 amide bonds. The van der Waals surface area contributed by atoms with Gasteiger partial charge < -0.3 is 0 Å². The molecule has 14 N–H and O–H groups in total. The first-order valence-corrected chi connectivity index (χ1v) is 6.61. The first-order valence-electron chi connectivity index (χ1n) is 6.61. The zero-order valence-electron chi connectivity index (χ0n) is 13.6. The van der Waals surface area contributed by atoms with Crippen molar-refractivity contribution < 1.29 is 24.4 Å². The van der Waals surface area contributed by atoms with Crippen molar-refractivity contribution in [3.8, 4) is 0 Å². The maximum Gasteiger partial charge on any atom is 0.326 e. The van der Waals surface area contributed by atoms with Crippen LogP contribution in [-0.4, -0.2) is 33.0 Å². The summed E-state index contributed by atoms with van der Waals surface area (Å²) in [5, 5.41) is 0. The molecule has 0 heterocycles. The van der Waals surface area contributed by atoms with Gasteiger partial charge in [-0.1, -0.05) is 18.7 Å². The van der Waals surface area contributed by atoms with E-state index < -0.39 is 26.0 Å². The summed E-state index contributed by atoms with van der Waals surface area (Å²) in [4.78, 5) is 7.83. The van der Waals surface area contributed by atoms with Crippen LogP contribution in [0.2, 0.25) is 0 Å². The Morgan fingerprint density at radius 2 is 1.29 bits per heavy atom. The molecule has 0 spiro atoms. The smallest absolute Gasteiger partial charge is 0.273 e. The Balaban J connectivity index is 5.48. The lowest BCUT2D eigenvalue weighted by molar-refractivity contribution is -1.39. The van der Waals surface area contributed by atoms with Crippen molar-refractivity contribution in [3.63, 3.8) is 0 Å². The predicted octanol–water partition coefficient (Wildman–Crippen LogP) is -2.70. The molecule has 0 radical (unpaired) electrons. The standard InChI is InChI=1S/C9H33N10O2/c1-6-8(3,10)18(13,14)20-9(4,7-2)19(15,16)21-17(5,11)12/h6-7,10-16H2,1-5H3/q+3. The number of hydrogen-bond donors (Lipinski definition) is 7. The average Bonchev–Trinajstić information content (AvgIpc) is 2.24. The van der Waals surface area contributed by atoms with E-state index in [0.717, 1.165) is 0 Å². The van der Waals surface area contributed by atoms with Crippen LogP contribution in [0.3, 0.4) is 0 Å². The molecule has 0 aliphatic heterocycles. The van der Waals surface area contributed by atoms with Gasteiger partial charge in [0.25, 0.3) is 0 Å². The first kappa shape index (κ1) is 20.5. The quantitative estimate of drug-likeness (QED) is 0.108. The average molecular weight is 313 g/mol. The third kappa shape index (κ3) is 4.75. The van der Waals surface area contributed by atoms with Gasteiger partial charge in [-0.15, -0.1) is 35.1 Å². The summed E-state index contributed by atoms with van der Waals surface area (Å²) < 4.78 is 0. The van der Waals surface area contributed by atoms with E-state index in [-0.39, 0.29) is 6.42 Å². The molecule has 0 aromatic carbocycles. The predicted molar refractivity (Wildman–Crippen MR) is 75.6 cm³/mol. The van der Waals surface area contributed by atoms with Gasteiger partial charge in [0.1, 0.15) is 7.05 Å². The Kier molecular flexibility index (Phi) is 5.82. The van der Waals surface area contributed by atoms with Gasteiger partial charge >= 0.3 is 5.72 Å². The minimum atomic E-state index is -1.38. The van der Waals surface area contributed by atoms with E-state index in [2.05, 4.69) is 0 Å². The molecule has 0 rings (SSSR count). The molecule has 128 valence electrons. The number of hydrogen-bond acceptors (Lipinski definition) is 9. The molecule has 0 saturated carbocycles. The Hall–Kier alpha value is -0.480. The van der Waals surface area contributed by atoms with Crippen molar-refractivity contribution in [3.05, 3.63) is 0 Å². The van der Waals surface area contributed by atoms with Crippen LogP contribution in [0.4, 0.5) is 0 Å². The second kappa shape index (κ2) is 5.96. The van der Waals surface area contributed by atoms with E-state index >= 15 is 0 Å². The normalized spacial score (nSPS) is 20.0. The van der Waals surface area contributed by atoms with Crippen LogP contribution in [0.5, 0.6) is 0 Å². The number of nitrogens with two attached hydrogens (primary N) is 7. The fourth-order valence-electron chi connectivity index (χ4n) is 1.43. The maximum atomic E-state index is 6.04. The molecule has 2 atom stereocenters. The number of nitrogens with zero attached hydrogens (tertiary/aromatic N) is 3. The van der Waals surface area contributed by atoms with Crippen LogP contribution < -0.4 is 40.8 Å². The van der Waals surface area contributed by atoms with E-state index in [1.54, 1.807) is 20.8 Å². The van der Waals surface area contributed by atoms with Crippen molar-refractivity contribution in [2.45, 2.75) is 51.9 Å². The monoisotopic (exact) mass is 313 g/mol. The fourth-order valence-corrected chi connectivity index (χ4v) is 1.43. The lowest BCUT2D eigenvalue weighted by Crippen LogP contribution is -2.84. The van der Waals surface area contributed by atoms with Crippen LogP contribution in [0.1, 0.15) is 40.5 Å². The molecule has 12 nitrogen and oxygen atoms in total. The lowest BCUT2D eigenvalue weighted by Gasteiger charge is -2.44. The maximum absolute atomic E-state index is 6.04. The SMILES string of the molecule is CCC(C)(N)[N+](N)(N)OC(C)(CC)[N+](N)(N)O[N+](C)(N)N. The number of rotatable bonds is 8. The van der Waals surface area contributed by atoms with Crippen molar-refractivity contribution in [1.29, 1.82) is 0 Å². The largest absolute Gasteiger partial charge is 0.326 e. The number of hydroxylamine groups is 3. The Labute approximate surface area is 125 Å².